The topological polar surface area (TPSA) is 68.7 Å². The van der Waals surface area contributed by atoms with Crippen LogP contribution in [0.2, 0.25) is 0 Å². The smallest absolute Gasteiger partial charge is 0.503 e. The van der Waals surface area contributed by atoms with Crippen LogP contribution in [0.1, 0.15) is 23.0 Å². The molecule has 5 nitrogen and oxygen atoms in total. The number of esters is 1. The van der Waals surface area contributed by atoms with Crippen molar-refractivity contribution in [3.05, 3.63) is 17.3 Å². The molecule has 0 fully saturated rings. The number of alkyl halides is 3. The van der Waals surface area contributed by atoms with Gasteiger partial charge >= 0.3 is 12.3 Å². The number of halogens is 3. The molecule has 0 unspecified atom stereocenters. The maximum absolute atomic E-state index is 12.0. The highest BCUT2D eigenvalue weighted by atomic mass is 19.4. The zero-order valence-electron chi connectivity index (χ0n) is 9.54. The normalized spacial score (nSPS) is 11.2. The summed E-state index contributed by atoms with van der Waals surface area (Å²) in [5.41, 5.74) is -0.158. The summed E-state index contributed by atoms with van der Waals surface area (Å²) in [5.74, 6) is -2.78. The van der Waals surface area contributed by atoms with Crippen LogP contribution in [0, 0.1) is 6.92 Å². The quantitative estimate of drug-likeness (QED) is 0.848. The third-order valence-electron chi connectivity index (χ3n) is 1.84. The number of nitrogens with zero attached hydrogens (tertiary/aromatic N) is 1. The fourth-order valence-corrected chi connectivity index (χ4v) is 1.17. The Bertz CT molecular complexity index is 459. The van der Waals surface area contributed by atoms with Gasteiger partial charge in [-0.1, -0.05) is 0 Å². The van der Waals surface area contributed by atoms with Gasteiger partial charge in [-0.25, -0.2) is 9.78 Å². The van der Waals surface area contributed by atoms with Crippen molar-refractivity contribution < 1.29 is 32.5 Å². The summed E-state index contributed by atoms with van der Waals surface area (Å²) < 4.78 is 44.1. The molecule has 0 radical (unpaired) electrons. The number of carbonyl (C=O) groups excluding carboxylic acids is 1. The largest absolute Gasteiger partial charge is 0.574 e. The summed E-state index contributed by atoms with van der Waals surface area (Å²) in [6, 6.07) is 0.945. The molecule has 0 aliphatic carbocycles. The van der Waals surface area contributed by atoms with E-state index in [1.54, 1.807) is 6.92 Å². The van der Waals surface area contributed by atoms with E-state index in [0.717, 1.165) is 6.07 Å². The van der Waals surface area contributed by atoms with Crippen LogP contribution < -0.4 is 4.74 Å². The lowest BCUT2D eigenvalue weighted by atomic mass is 10.2. The van der Waals surface area contributed by atoms with E-state index in [9.17, 15) is 23.1 Å². The third kappa shape index (κ3) is 3.51. The number of aryl methyl sites for hydroxylation is 1. The molecular formula is C10H10F3NO4. The summed E-state index contributed by atoms with van der Waals surface area (Å²) in [4.78, 5) is 14.7. The van der Waals surface area contributed by atoms with E-state index in [-0.39, 0.29) is 17.9 Å². The summed E-state index contributed by atoms with van der Waals surface area (Å²) in [6.07, 6.45) is -5.01. The Labute approximate surface area is 100 Å². The van der Waals surface area contributed by atoms with E-state index in [0.29, 0.717) is 0 Å². The van der Waals surface area contributed by atoms with Crippen LogP contribution in [0.3, 0.4) is 0 Å². The number of hydrogen-bond donors (Lipinski definition) is 1. The molecule has 0 bridgehead atoms. The first kappa shape index (κ1) is 14.1. The van der Waals surface area contributed by atoms with E-state index in [1.807, 2.05) is 0 Å². The van der Waals surface area contributed by atoms with E-state index in [2.05, 4.69) is 14.5 Å². The molecule has 1 heterocycles. The number of aromatic nitrogens is 1. The summed E-state index contributed by atoms with van der Waals surface area (Å²) in [7, 11) is 0. The molecule has 0 saturated carbocycles. The second-order valence-corrected chi connectivity index (χ2v) is 3.25. The highest BCUT2D eigenvalue weighted by molar-refractivity contribution is 5.89. The first-order chi connectivity index (χ1) is 8.24. The van der Waals surface area contributed by atoms with Crippen LogP contribution in [0.15, 0.2) is 6.07 Å². The van der Waals surface area contributed by atoms with Gasteiger partial charge in [-0.3, -0.25) is 0 Å². The molecule has 0 atom stereocenters. The van der Waals surface area contributed by atoms with Gasteiger partial charge in [0.05, 0.1) is 6.61 Å². The number of aromatic hydroxyl groups is 1. The number of carbonyl (C=O) groups is 1. The fraction of sp³-hybridized carbons (Fsp3) is 0.400. The standard InChI is InChI=1S/C10H10F3NO4/c1-3-17-9(16)7-5(2)4-6(15)8(14-7)18-10(11,12)13/h4,15H,3H2,1-2H3. The number of hydrogen-bond acceptors (Lipinski definition) is 5. The average Bonchev–Trinajstić information content (AvgIpc) is 2.20. The Hall–Kier alpha value is -1.99. The van der Waals surface area contributed by atoms with Gasteiger partial charge in [0.1, 0.15) is 0 Å². The minimum atomic E-state index is -5.01. The van der Waals surface area contributed by atoms with E-state index in [4.69, 9.17) is 0 Å². The molecule has 100 valence electrons. The second-order valence-electron chi connectivity index (χ2n) is 3.25. The van der Waals surface area contributed by atoms with Gasteiger partial charge in [-0.15, -0.1) is 13.2 Å². The van der Waals surface area contributed by atoms with Gasteiger partial charge in [-0.05, 0) is 25.5 Å². The maximum atomic E-state index is 12.0. The van der Waals surface area contributed by atoms with E-state index in [1.165, 1.54) is 6.92 Å². The molecule has 1 N–H and O–H groups in total. The average molecular weight is 265 g/mol. The van der Waals surface area contributed by atoms with Gasteiger partial charge in [-0.2, -0.15) is 0 Å². The third-order valence-corrected chi connectivity index (χ3v) is 1.84. The minimum Gasteiger partial charge on any atom is -0.503 e. The maximum Gasteiger partial charge on any atom is 0.574 e. The minimum absolute atomic E-state index is 0.0519. The van der Waals surface area contributed by atoms with Crippen LogP contribution in [-0.4, -0.2) is 29.0 Å². The molecule has 18 heavy (non-hydrogen) atoms. The van der Waals surface area contributed by atoms with Crippen molar-refractivity contribution in [2.24, 2.45) is 0 Å². The van der Waals surface area contributed by atoms with Crippen molar-refractivity contribution in [2.75, 3.05) is 6.61 Å². The van der Waals surface area contributed by atoms with E-state index >= 15 is 0 Å². The molecule has 0 aromatic carbocycles. The van der Waals surface area contributed by atoms with Gasteiger partial charge < -0.3 is 14.6 Å². The lowest BCUT2D eigenvalue weighted by molar-refractivity contribution is -0.276. The Balaban J connectivity index is 3.14. The molecule has 0 saturated heterocycles. The highest BCUT2D eigenvalue weighted by Gasteiger charge is 2.34. The Morgan fingerprint density at radius 3 is 2.61 bits per heavy atom. The molecule has 0 amide bonds. The number of rotatable bonds is 3. The molecule has 0 aliphatic heterocycles. The summed E-state index contributed by atoms with van der Waals surface area (Å²) in [6.45, 7) is 2.99. The van der Waals surface area contributed by atoms with Crippen molar-refractivity contribution in [3.8, 4) is 11.6 Å². The van der Waals surface area contributed by atoms with Gasteiger partial charge in [0, 0.05) is 0 Å². The monoisotopic (exact) mass is 265 g/mol. The molecule has 0 aliphatic rings. The van der Waals surface area contributed by atoms with Crippen LogP contribution >= 0.6 is 0 Å². The zero-order chi connectivity index (χ0) is 13.9. The summed E-state index contributed by atoms with van der Waals surface area (Å²) in [5, 5.41) is 9.25. The van der Waals surface area contributed by atoms with Crippen LogP contribution in [0.4, 0.5) is 13.2 Å². The molecule has 1 aromatic rings. The van der Waals surface area contributed by atoms with Crippen LogP contribution in [-0.2, 0) is 4.74 Å². The van der Waals surface area contributed by atoms with Crippen molar-refractivity contribution in [3.63, 3.8) is 0 Å². The highest BCUT2D eigenvalue weighted by Crippen LogP contribution is 2.31. The molecule has 8 heteroatoms. The predicted molar refractivity (Wildman–Crippen MR) is 53.3 cm³/mol. The number of pyridine rings is 1. The van der Waals surface area contributed by atoms with Crippen molar-refractivity contribution in [2.45, 2.75) is 20.2 Å². The van der Waals surface area contributed by atoms with Crippen molar-refractivity contribution >= 4 is 5.97 Å². The van der Waals surface area contributed by atoms with E-state index < -0.39 is 24.0 Å². The predicted octanol–water partition coefficient (Wildman–Crippen LogP) is 2.17. The summed E-state index contributed by atoms with van der Waals surface area (Å²) >= 11 is 0. The second kappa shape index (κ2) is 5.11. The lowest BCUT2D eigenvalue weighted by Crippen LogP contribution is -2.19. The van der Waals surface area contributed by atoms with Crippen molar-refractivity contribution in [1.29, 1.82) is 0 Å². The van der Waals surface area contributed by atoms with Crippen molar-refractivity contribution in [1.82, 2.24) is 4.98 Å². The molecule has 1 aromatic heterocycles. The van der Waals surface area contributed by atoms with Crippen LogP contribution in [0.25, 0.3) is 0 Å². The zero-order valence-corrected chi connectivity index (χ0v) is 9.54. The van der Waals surface area contributed by atoms with Gasteiger partial charge in [0.15, 0.2) is 11.4 Å². The first-order valence-corrected chi connectivity index (χ1v) is 4.88. The lowest BCUT2D eigenvalue weighted by Gasteiger charge is -2.11. The van der Waals surface area contributed by atoms with Gasteiger partial charge in [0.2, 0.25) is 0 Å². The first-order valence-electron chi connectivity index (χ1n) is 4.88. The van der Waals surface area contributed by atoms with Crippen LogP contribution in [0.5, 0.6) is 11.6 Å². The fourth-order valence-electron chi connectivity index (χ4n) is 1.17. The molecule has 0 spiro atoms. The Morgan fingerprint density at radius 2 is 2.11 bits per heavy atom. The molecular weight excluding hydrogens is 255 g/mol. The SMILES string of the molecule is CCOC(=O)c1nc(OC(F)(F)F)c(O)cc1C. The Kier molecular flexibility index (Phi) is 4.00. The molecule has 1 rings (SSSR count). The van der Waals surface area contributed by atoms with Gasteiger partial charge in [0.25, 0.3) is 5.88 Å². The number of ether oxygens (including phenoxy) is 2. The Morgan fingerprint density at radius 1 is 1.50 bits per heavy atom.